The lowest BCUT2D eigenvalue weighted by atomic mass is 9.82. The predicted octanol–water partition coefficient (Wildman–Crippen LogP) is 3.15. The Labute approximate surface area is 204 Å². The number of ether oxygens (including phenoxy) is 1. The average molecular weight is 502 g/mol. The molecule has 3 aromatic carbocycles. The minimum atomic E-state index is -3.73. The smallest absolute Gasteiger partial charge is 0.306 e. The zero-order valence-electron chi connectivity index (χ0n) is 18.8. The second-order valence-electron chi connectivity index (χ2n) is 7.68. The number of methoxy groups -OCH3 is 1. The number of likely N-dealkylation sites (N-methyl/N-ethyl adjacent to an activating group) is 1. The third-order valence-electron chi connectivity index (χ3n) is 5.41. The molecule has 4 rings (SSSR count). The monoisotopic (exact) mass is 501 g/mol. The molecule has 178 valence electrons. The number of nitrogens with two attached hydrogens (primary N) is 1. The second kappa shape index (κ2) is 9.36. The van der Waals surface area contributed by atoms with Crippen molar-refractivity contribution in [3.05, 3.63) is 83.9 Å². The Bertz CT molecular complexity index is 1360. The first-order chi connectivity index (χ1) is 15.6. The summed E-state index contributed by atoms with van der Waals surface area (Å²) in [5, 5.41) is 0. The fraction of sp³-hybridized carbons (Fsp3) is 0.167. The molecule has 2 N–H and O–H groups in total. The topological polar surface area (TPSA) is 111 Å². The van der Waals surface area contributed by atoms with Crippen LogP contribution < -0.4 is 14.7 Å². The van der Waals surface area contributed by atoms with Gasteiger partial charge in [-0.15, -0.1) is 12.4 Å². The van der Waals surface area contributed by atoms with Crippen molar-refractivity contribution < 1.29 is 22.1 Å². The number of aliphatic imine (C=N–C) groups is 1. The maximum Gasteiger partial charge on any atom is 0.306 e. The minimum absolute atomic E-state index is 0. The van der Waals surface area contributed by atoms with Crippen molar-refractivity contribution in [3.8, 4) is 22.6 Å². The van der Waals surface area contributed by atoms with Gasteiger partial charge in [0.25, 0.3) is 5.91 Å². The SMILES string of the molecule is COc1cc(OS(C)(=O)=O)cc(-c2cccc(C3(c4ccccc4)N=C(N)N(C)C3=O)c2)c1.Cl. The number of rotatable bonds is 6. The van der Waals surface area contributed by atoms with E-state index in [1.54, 1.807) is 19.2 Å². The van der Waals surface area contributed by atoms with Crippen LogP contribution in [0, 0.1) is 0 Å². The average Bonchev–Trinajstić information content (AvgIpc) is 3.03. The molecule has 0 radical (unpaired) electrons. The van der Waals surface area contributed by atoms with Crippen molar-refractivity contribution in [2.24, 2.45) is 10.7 Å². The number of hydrogen-bond donors (Lipinski definition) is 1. The molecule has 1 atom stereocenters. The normalized spacial score (nSPS) is 17.7. The van der Waals surface area contributed by atoms with Gasteiger partial charge in [-0.3, -0.25) is 9.69 Å². The standard InChI is InChI=1S/C24H23N3O5S.ClH/c1-27-22(28)24(26-23(27)25,18-9-5-4-6-10-18)19-11-7-8-16(12-19)17-13-20(31-2)15-21(14-17)32-33(3,29)30;/h4-15H,1-3H3,(H2,25,26);1H. The lowest BCUT2D eigenvalue weighted by molar-refractivity contribution is -0.129. The van der Waals surface area contributed by atoms with Crippen LogP contribution >= 0.6 is 12.4 Å². The number of nitrogens with zero attached hydrogens (tertiary/aromatic N) is 2. The predicted molar refractivity (Wildman–Crippen MR) is 133 cm³/mol. The van der Waals surface area contributed by atoms with Crippen molar-refractivity contribution in [2.75, 3.05) is 20.4 Å². The van der Waals surface area contributed by atoms with Crippen LogP contribution in [-0.4, -0.2) is 45.6 Å². The zero-order chi connectivity index (χ0) is 23.8. The Balaban J connectivity index is 0.00000324. The minimum Gasteiger partial charge on any atom is -0.497 e. The molecule has 10 heteroatoms. The van der Waals surface area contributed by atoms with Crippen LogP contribution in [0.25, 0.3) is 11.1 Å². The molecule has 1 aliphatic rings. The molecule has 0 bridgehead atoms. The zero-order valence-corrected chi connectivity index (χ0v) is 20.4. The number of hydrogen-bond acceptors (Lipinski definition) is 7. The van der Waals surface area contributed by atoms with Gasteiger partial charge in [-0.05, 0) is 40.5 Å². The molecule has 1 amide bonds. The van der Waals surface area contributed by atoms with Crippen molar-refractivity contribution in [1.29, 1.82) is 0 Å². The highest BCUT2D eigenvalue weighted by molar-refractivity contribution is 7.86. The van der Waals surface area contributed by atoms with Crippen LogP contribution in [0.5, 0.6) is 11.5 Å². The van der Waals surface area contributed by atoms with Crippen LogP contribution in [0.3, 0.4) is 0 Å². The highest BCUT2D eigenvalue weighted by atomic mass is 35.5. The van der Waals surface area contributed by atoms with Crippen LogP contribution in [0.15, 0.2) is 77.8 Å². The quantitative estimate of drug-likeness (QED) is 0.519. The summed E-state index contributed by atoms with van der Waals surface area (Å²) < 4.78 is 33.7. The van der Waals surface area contributed by atoms with Crippen molar-refractivity contribution in [1.82, 2.24) is 4.90 Å². The van der Waals surface area contributed by atoms with E-state index in [2.05, 4.69) is 4.99 Å². The Kier molecular flexibility index (Phi) is 6.90. The second-order valence-corrected chi connectivity index (χ2v) is 9.25. The number of carbonyl (C=O) groups is 1. The maximum absolute atomic E-state index is 13.4. The highest BCUT2D eigenvalue weighted by Crippen LogP contribution is 2.41. The molecule has 0 saturated carbocycles. The van der Waals surface area contributed by atoms with E-state index in [9.17, 15) is 13.2 Å². The molecule has 1 heterocycles. The largest absolute Gasteiger partial charge is 0.497 e. The summed E-state index contributed by atoms with van der Waals surface area (Å²) in [4.78, 5) is 19.4. The van der Waals surface area contributed by atoms with Crippen LogP contribution in [-0.2, 0) is 20.5 Å². The van der Waals surface area contributed by atoms with Crippen LogP contribution in [0.2, 0.25) is 0 Å². The van der Waals surface area contributed by atoms with E-state index in [0.717, 1.165) is 11.8 Å². The van der Waals surface area contributed by atoms with Crippen LogP contribution in [0.4, 0.5) is 0 Å². The van der Waals surface area contributed by atoms with Gasteiger partial charge >= 0.3 is 10.1 Å². The van der Waals surface area contributed by atoms with E-state index in [1.807, 2.05) is 54.6 Å². The Morgan fingerprint density at radius 1 is 0.912 bits per heavy atom. The number of benzene rings is 3. The Morgan fingerprint density at radius 2 is 1.56 bits per heavy atom. The molecule has 3 aromatic rings. The van der Waals surface area contributed by atoms with Gasteiger partial charge in [0, 0.05) is 13.1 Å². The third-order valence-corrected chi connectivity index (χ3v) is 5.90. The number of amides is 1. The fourth-order valence-electron chi connectivity index (χ4n) is 3.87. The van der Waals surface area contributed by atoms with E-state index >= 15 is 0 Å². The Hall–Kier alpha value is -3.56. The number of guanidine groups is 1. The maximum atomic E-state index is 13.4. The highest BCUT2D eigenvalue weighted by Gasteiger charge is 2.49. The molecule has 0 aliphatic carbocycles. The molecule has 34 heavy (non-hydrogen) atoms. The van der Waals surface area contributed by atoms with Crippen molar-refractivity contribution in [3.63, 3.8) is 0 Å². The first-order valence-electron chi connectivity index (χ1n) is 10.0. The summed E-state index contributed by atoms with van der Waals surface area (Å²) in [7, 11) is -0.654. The molecule has 0 saturated heterocycles. The number of carbonyl (C=O) groups excluding carboxylic acids is 1. The lowest BCUT2D eigenvalue weighted by Gasteiger charge is -2.26. The molecular formula is C24H24ClN3O5S. The molecule has 0 fully saturated rings. The van der Waals surface area contributed by atoms with Gasteiger partial charge in [0.15, 0.2) is 11.5 Å². The summed E-state index contributed by atoms with van der Waals surface area (Å²) in [6, 6.07) is 21.4. The first-order valence-corrected chi connectivity index (χ1v) is 11.8. The Morgan fingerprint density at radius 3 is 2.15 bits per heavy atom. The number of halogens is 1. The fourth-order valence-corrected chi connectivity index (χ4v) is 4.31. The van der Waals surface area contributed by atoms with E-state index < -0.39 is 15.7 Å². The van der Waals surface area contributed by atoms with Crippen LogP contribution in [0.1, 0.15) is 11.1 Å². The summed E-state index contributed by atoms with van der Waals surface area (Å²) in [5.74, 6) is 0.400. The summed E-state index contributed by atoms with van der Waals surface area (Å²) >= 11 is 0. The van der Waals surface area contributed by atoms with Gasteiger partial charge in [0.2, 0.25) is 0 Å². The third kappa shape index (κ3) is 4.57. The first kappa shape index (κ1) is 25.1. The van der Waals surface area contributed by atoms with E-state index in [4.69, 9.17) is 14.7 Å². The van der Waals surface area contributed by atoms with Crippen molar-refractivity contribution in [2.45, 2.75) is 5.54 Å². The van der Waals surface area contributed by atoms with Gasteiger partial charge < -0.3 is 14.7 Å². The molecule has 1 aliphatic heterocycles. The van der Waals surface area contributed by atoms with Gasteiger partial charge in [-0.1, -0.05) is 48.5 Å². The molecule has 8 nitrogen and oxygen atoms in total. The van der Waals surface area contributed by atoms with Crippen molar-refractivity contribution >= 4 is 34.4 Å². The molecule has 1 unspecified atom stereocenters. The van der Waals surface area contributed by atoms with Gasteiger partial charge in [0.1, 0.15) is 11.5 Å². The van der Waals surface area contributed by atoms with Gasteiger partial charge in [0.05, 0.1) is 13.4 Å². The van der Waals surface area contributed by atoms with Gasteiger partial charge in [-0.25, -0.2) is 4.99 Å². The molecule has 0 aromatic heterocycles. The molecule has 0 spiro atoms. The van der Waals surface area contributed by atoms with E-state index in [-0.39, 0.29) is 30.0 Å². The summed E-state index contributed by atoms with van der Waals surface area (Å²) in [6.07, 6.45) is 0.973. The summed E-state index contributed by atoms with van der Waals surface area (Å²) in [5.41, 5.74) is 7.39. The van der Waals surface area contributed by atoms with E-state index in [1.165, 1.54) is 18.1 Å². The lowest BCUT2D eigenvalue weighted by Crippen LogP contribution is -2.41. The molecular weight excluding hydrogens is 478 g/mol. The summed E-state index contributed by atoms with van der Waals surface area (Å²) in [6.45, 7) is 0. The van der Waals surface area contributed by atoms with Gasteiger partial charge in [-0.2, -0.15) is 8.42 Å². The van der Waals surface area contributed by atoms with E-state index in [0.29, 0.717) is 22.4 Å².